The quantitative estimate of drug-likeness (QED) is 0.0598. The fraction of sp³-hybridized carbons (Fsp3) is 0.171. The van der Waals surface area contributed by atoms with E-state index in [1.165, 1.54) is 24.3 Å². The maximum atomic E-state index is 11.1. The Morgan fingerprint density at radius 1 is 0.650 bits per heavy atom. The van der Waals surface area contributed by atoms with Crippen LogP contribution in [-0.4, -0.2) is 77.0 Å². The van der Waals surface area contributed by atoms with E-state index in [0.29, 0.717) is 62.7 Å². The van der Waals surface area contributed by atoms with Gasteiger partial charge in [-0.25, -0.2) is 9.97 Å². The first-order chi connectivity index (χ1) is 29.1. The van der Waals surface area contributed by atoms with Crippen molar-refractivity contribution in [1.82, 2.24) is 9.97 Å². The molecule has 0 unspecified atom stereocenters. The summed E-state index contributed by atoms with van der Waals surface area (Å²) in [4.78, 5) is 30.2. The number of aliphatic hydroxyl groups is 1. The number of methoxy groups -OCH3 is 2. The van der Waals surface area contributed by atoms with E-state index in [2.05, 4.69) is 25.9 Å². The minimum atomic E-state index is -1.46. The largest absolute Gasteiger partial charge is 0.494 e. The second-order valence-electron chi connectivity index (χ2n) is 12.3. The second kappa shape index (κ2) is 21.3. The summed E-state index contributed by atoms with van der Waals surface area (Å²) in [7, 11) is 2.64. The summed E-state index contributed by atoms with van der Waals surface area (Å²) in [6, 6.07) is 30.6. The number of rotatable bonds is 10. The van der Waals surface area contributed by atoms with Crippen molar-refractivity contribution in [1.29, 1.82) is 0 Å². The first-order valence-electron chi connectivity index (χ1n) is 17.8. The standard InChI is InChI=1S/C20H16N2O5.C13H11BrN2O3.C7H7BO4.CH4O/c1-25-18-8-6-15(9-13-5-7-17-19(10-13)27-12-26-17)21-20(18)14-3-2-4-16(11-14)22(23)24;1-19-12-6-5-10(8-14)15-13(12)9-3-2-4-11(7-9)16(17)18;9-8(10)5-1-2-6-7(3-5)12-4-11-6;1-2/h2-8,10-11H,9,12H2,1H3;2-7H,8H2,1H3;1-3,9-10H,4H2;2H,1H3. The Morgan fingerprint density at radius 2 is 1.13 bits per heavy atom. The minimum Gasteiger partial charge on any atom is -0.494 e. The highest BCUT2D eigenvalue weighted by Gasteiger charge is 2.19. The Hall–Kier alpha value is -6.80. The zero-order valence-corrected chi connectivity index (χ0v) is 34.0. The molecule has 8 rings (SSSR count). The van der Waals surface area contributed by atoms with Gasteiger partial charge < -0.3 is 43.6 Å². The number of alkyl halides is 1. The number of aliphatic hydroxyl groups excluding tert-OH is 1. The Labute approximate surface area is 352 Å². The Kier molecular flexibility index (Phi) is 15.7. The van der Waals surface area contributed by atoms with Crippen LogP contribution in [0.2, 0.25) is 0 Å². The summed E-state index contributed by atoms with van der Waals surface area (Å²) in [5.41, 5.74) is 5.59. The van der Waals surface area contributed by atoms with Gasteiger partial charge in [-0.05, 0) is 59.6 Å². The molecular weight excluding hydrogens is 847 g/mol. The van der Waals surface area contributed by atoms with E-state index < -0.39 is 17.0 Å². The first kappa shape index (κ1) is 44.3. The lowest BCUT2D eigenvalue weighted by atomic mass is 9.80. The van der Waals surface area contributed by atoms with Crippen LogP contribution in [0, 0.1) is 20.2 Å². The molecule has 0 fully saturated rings. The van der Waals surface area contributed by atoms with Crippen molar-refractivity contribution in [3.63, 3.8) is 0 Å². The average molecular weight is 885 g/mol. The van der Waals surface area contributed by atoms with Gasteiger partial charge in [0.15, 0.2) is 23.0 Å². The molecule has 17 nitrogen and oxygen atoms in total. The van der Waals surface area contributed by atoms with Gasteiger partial charge in [0, 0.05) is 59.9 Å². The zero-order valence-electron chi connectivity index (χ0n) is 32.4. The number of aromatic nitrogens is 2. The van der Waals surface area contributed by atoms with Crippen molar-refractivity contribution in [3.05, 3.63) is 146 Å². The van der Waals surface area contributed by atoms with Gasteiger partial charge in [-0.15, -0.1) is 0 Å². The van der Waals surface area contributed by atoms with E-state index in [-0.39, 0.29) is 25.0 Å². The molecule has 2 aliphatic rings. The third-order valence-corrected chi connectivity index (χ3v) is 9.16. The number of fused-ring (bicyclic) bond motifs is 2. The Bertz CT molecular complexity index is 2440. The molecule has 310 valence electrons. The predicted molar refractivity (Wildman–Crippen MR) is 224 cm³/mol. The number of benzene rings is 4. The molecule has 19 heteroatoms. The molecule has 4 aromatic carbocycles. The van der Waals surface area contributed by atoms with E-state index in [1.54, 1.807) is 62.8 Å². The number of pyridine rings is 2. The Balaban J connectivity index is 0.000000180. The summed E-state index contributed by atoms with van der Waals surface area (Å²) in [6.45, 7) is 0.427. The molecule has 4 heterocycles. The van der Waals surface area contributed by atoms with E-state index in [4.69, 9.17) is 43.6 Å². The molecule has 6 aromatic rings. The van der Waals surface area contributed by atoms with Crippen LogP contribution in [0.3, 0.4) is 0 Å². The second-order valence-corrected chi connectivity index (χ2v) is 12.9. The predicted octanol–water partition coefficient (Wildman–Crippen LogP) is 6.25. The highest BCUT2D eigenvalue weighted by molar-refractivity contribution is 9.08. The maximum Gasteiger partial charge on any atom is 0.488 e. The molecule has 0 radical (unpaired) electrons. The number of ether oxygens (including phenoxy) is 6. The molecule has 3 N–H and O–H groups in total. The van der Waals surface area contributed by atoms with Crippen LogP contribution in [-0.2, 0) is 11.8 Å². The number of halogens is 1. The fourth-order valence-electron chi connectivity index (χ4n) is 5.76. The van der Waals surface area contributed by atoms with Crippen LogP contribution < -0.4 is 33.9 Å². The number of nitrogens with zero attached hydrogens (tertiary/aromatic N) is 4. The molecule has 0 aliphatic carbocycles. The van der Waals surface area contributed by atoms with Gasteiger partial charge in [0.25, 0.3) is 11.4 Å². The van der Waals surface area contributed by atoms with Gasteiger partial charge in [0.2, 0.25) is 13.6 Å². The van der Waals surface area contributed by atoms with Crippen molar-refractivity contribution in [3.8, 4) is 57.0 Å². The van der Waals surface area contributed by atoms with Gasteiger partial charge in [-0.3, -0.25) is 20.2 Å². The van der Waals surface area contributed by atoms with Crippen LogP contribution >= 0.6 is 15.9 Å². The van der Waals surface area contributed by atoms with Crippen LogP contribution in [0.15, 0.2) is 109 Å². The monoisotopic (exact) mass is 884 g/mol. The lowest BCUT2D eigenvalue weighted by Crippen LogP contribution is -2.29. The summed E-state index contributed by atoms with van der Waals surface area (Å²) >= 11 is 3.34. The van der Waals surface area contributed by atoms with Crippen LogP contribution in [0.5, 0.6) is 34.5 Å². The Morgan fingerprint density at radius 3 is 1.63 bits per heavy atom. The molecule has 0 bridgehead atoms. The molecular formula is C41H38BBrN4O13. The van der Waals surface area contributed by atoms with Crippen LogP contribution in [0.25, 0.3) is 22.5 Å². The summed E-state index contributed by atoms with van der Waals surface area (Å²) in [6.07, 6.45) is 0.586. The van der Waals surface area contributed by atoms with E-state index in [9.17, 15) is 20.2 Å². The SMILES string of the molecule is CO.COc1ccc(CBr)nc1-c1cccc([N+](=O)[O-])c1.COc1ccc(Cc2ccc3c(c2)OCO3)nc1-c1cccc([N+](=O)[O-])c1.OB(O)c1ccc2c(c1)OCO2. The highest BCUT2D eigenvalue weighted by Crippen LogP contribution is 2.35. The van der Waals surface area contributed by atoms with E-state index >= 15 is 0 Å². The van der Waals surface area contributed by atoms with E-state index in [1.807, 2.05) is 36.4 Å². The van der Waals surface area contributed by atoms with Gasteiger partial charge >= 0.3 is 7.12 Å². The molecule has 2 aromatic heterocycles. The van der Waals surface area contributed by atoms with Crippen LogP contribution in [0.1, 0.15) is 17.0 Å². The van der Waals surface area contributed by atoms with Crippen molar-refractivity contribution in [2.75, 3.05) is 34.9 Å². The summed E-state index contributed by atoms with van der Waals surface area (Å²) in [5, 5.41) is 47.1. The molecule has 0 saturated carbocycles. The van der Waals surface area contributed by atoms with Crippen molar-refractivity contribution in [2.45, 2.75) is 11.8 Å². The zero-order chi connectivity index (χ0) is 43.2. The summed E-state index contributed by atoms with van der Waals surface area (Å²) in [5.74, 6) is 3.80. The molecule has 0 spiro atoms. The van der Waals surface area contributed by atoms with Gasteiger partial charge in [0.1, 0.15) is 22.9 Å². The number of hydrogen-bond acceptors (Lipinski definition) is 15. The highest BCUT2D eigenvalue weighted by atomic mass is 79.9. The average Bonchev–Trinajstić information content (AvgIpc) is 3.97. The van der Waals surface area contributed by atoms with Crippen LogP contribution in [0.4, 0.5) is 11.4 Å². The smallest absolute Gasteiger partial charge is 0.488 e. The fourth-order valence-corrected chi connectivity index (χ4v) is 6.07. The number of nitro groups is 2. The minimum absolute atomic E-state index is 0.0116. The number of non-ortho nitro benzene ring substituents is 2. The molecule has 2 aliphatic heterocycles. The molecule has 0 atom stereocenters. The van der Waals surface area contributed by atoms with Gasteiger partial charge in [-0.1, -0.05) is 52.3 Å². The molecule has 0 amide bonds. The summed E-state index contributed by atoms with van der Waals surface area (Å²) < 4.78 is 31.5. The van der Waals surface area contributed by atoms with Gasteiger partial charge in [-0.2, -0.15) is 0 Å². The third-order valence-electron chi connectivity index (χ3n) is 8.59. The lowest BCUT2D eigenvalue weighted by Gasteiger charge is -2.10. The first-order valence-corrected chi connectivity index (χ1v) is 18.9. The normalized spacial score (nSPS) is 11.4. The number of nitro benzene ring substituents is 2. The van der Waals surface area contributed by atoms with Crippen molar-refractivity contribution < 1.29 is 53.4 Å². The molecule has 0 saturated heterocycles. The molecule has 60 heavy (non-hydrogen) atoms. The third kappa shape index (κ3) is 11.2. The van der Waals surface area contributed by atoms with Crippen molar-refractivity contribution >= 4 is 39.9 Å². The van der Waals surface area contributed by atoms with Crippen molar-refractivity contribution in [2.24, 2.45) is 0 Å². The number of hydrogen-bond donors (Lipinski definition) is 3. The lowest BCUT2D eigenvalue weighted by molar-refractivity contribution is -0.385. The van der Waals surface area contributed by atoms with Gasteiger partial charge in [0.05, 0.1) is 29.8 Å². The topological polar surface area (TPSA) is 228 Å². The maximum absolute atomic E-state index is 11.1. The van der Waals surface area contributed by atoms with E-state index in [0.717, 1.165) is 35.6 Å².